The highest BCUT2D eigenvalue weighted by Gasteiger charge is 2.09. The molecule has 0 spiro atoms. The van der Waals surface area contributed by atoms with Gasteiger partial charge >= 0.3 is 0 Å². The van der Waals surface area contributed by atoms with Gasteiger partial charge in [0.2, 0.25) is 0 Å². The van der Waals surface area contributed by atoms with Gasteiger partial charge in [-0.2, -0.15) is 0 Å². The van der Waals surface area contributed by atoms with Crippen molar-refractivity contribution in [2.75, 3.05) is 0 Å². The fourth-order valence-corrected chi connectivity index (χ4v) is 16.6. The van der Waals surface area contributed by atoms with Gasteiger partial charge in [0.15, 0.2) is 0 Å². The molecule has 0 aliphatic heterocycles. The van der Waals surface area contributed by atoms with Crippen LogP contribution in [0.15, 0.2) is 510 Å². The normalized spacial score (nSPS) is 10.1. The zero-order valence-corrected chi connectivity index (χ0v) is 91.5. The van der Waals surface area contributed by atoms with Crippen LogP contribution < -0.4 is 0 Å². The highest BCUT2D eigenvalue weighted by molar-refractivity contribution is 5.76. The van der Waals surface area contributed by atoms with Crippen LogP contribution in [0.2, 0.25) is 0 Å². The minimum absolute atomic E-state index is 1.26. The first-order valence-corrected chi connectivity index (χ1v) is 51.8. The first-order chi connectivity index (χ1) is 71.4. The van der Waals surface area contributed by atoms with E-state index in [1.165, 1.54) is 234 Å². The molecule has 0 N–H and O–H groups in total. The van der Waals surface area contributed by atoms with Crippen LogP contribution in [-0.4, -0.2) is 0 Å². The topological polar surface area (TPSA) is 0 Å². The molecule has 0 fully saturated rings. The first-order valence-electron chi connectivity index (χ1n) is 51.8. The Morgan fingerprint density at radius 2 is 0.216 bits per heavy atom. The second kappa shape index (κ2) is 58.5. The number of rotatable bonds is 10. The molecule has 742 valence electrons. The summed E-state index contributed by atoms with van der Waals surface area (Å²) in [6.45, 7) is 46.7. The smallest absolute Gasteiger partial charge is 0.0152 e. The predicted molar refractivity (Wildman–Crippen MR) is 649 cm³/mol. The Balaban J connectivity index is 0.000000156. The molecule has 0 unspecified atom stereocenters. The molecular formula is C148H150. The molecule has 0 aromatic heterocycles. The van der Waals surface area contributed by atoms with Crippen LogP contribution in [0.5, 0.6) is 0 Å². The minimum Gasteiger partial charge on any atom is -0.0620 e. The Morgan fingerprint density at radius 3 is 0.426 bits per heavy atom. The third-order valence-corrected chi connectivity index (χ3v) is 25.9. The van der Waals surface area contributed by atoms with Crippen molar-refractivity contribution in [1.82, 2.24) is 0 Å². The van der Waals surface area contributed by atoms with Crippen molar-refractivity contribution in [2.24, 2.45) is 0 Å². The van der Waals surface area contributed by atoms with Crippen molar-refractivity contribution in [3.8, 4) is 111 Å². The lowest BCUT2D eigenvalue weighted by Gasteiger charge is -2.08. The van der Waals surface area contributed by atoms with E-state index in [2.05, 4.69) is 662 Å². The van der Waals surface area contributed by atoms with Crippen LogP contribution in [-0.2, 0) is 0 Å². The molecule has 0 heterocycles. The largest absolute Gasteiger partial charge is 0.0620 e. The molecule has 0 atom stereocenters. The van der Waals surface area contributed by atoms with Crippen molar-refractivity contribution in [3.63, 3.8) is 0 Å². The maximum absolute atomic E-state index is 2.26. The molecule has 21 rings (SSSR count). The summed E-state index contributed by atoms with van der Waals surface area (Å²) >= 11 is 0. The molecule has 0 aliphatic carbocycles. The summed E-state index contributed by atoms with van der Waals surface area (Å²) < 4.78 is 0. The number of benzene rings is 21. The summed E-state index contributed by atoms with van der Waals surface area (Å²) in [6, 6.07) is 180. The average molecular weight is 1930 g/mol. The number of aryl methyl sites for hydroxylation is 22. The second-order valence-corrected chi connectivity index (χ2v) is 39.2. The summed E-state index contributed by atoms with van der Waals surface area (Å²) in [4.78, 5) is 0. The van der Waals surface area contributed by atoms with Gasteiger partial charge in [-0.25, -0.2) is 0 Å². The van der Waals surface area contributed by atoms with Gasteiger partial charge in [0.25, 0.3) is 0 Å². The van der Waals surface area contributed by atoms with Gasteiger partial charge in [-0.1, -0.05) is 593 Å². The van der Waals surface area contributed by atoms with Crippen molar-refractivity contribution < 1.29 is 0 Å². The van der Waals surface area contributed by atoms with Gasteiger partial charge in [0.1, 0.15) is 0 Å². The molecular weight excluding hydrogens is 1780 g/mol. The summed E-state index contributed by atoms with van der Waals surface area (Å²) in [7, 11) is 0. The van der Waals surface area contributed by atoms with Crippen LogP contribution in [0.25, 0.3) is 111 Å². The van der Waals surface area contributed by atoms with Crippen LogP contribution in [0.1, 0.15) is 122 Å². The Labute approximate surface area is 889 Å². The zero-order chi connectivity index (χ0) is 106. The lowest BCUT2D eigenvalue weighted by Crippen LogP contribution is -1.85. The molecule has 0 heteroatoms. The van der Waals surface area contributed by atoms with Crippen molar-refractivity contribution in [1.29, 1.82) is 0 Å². The molecule has 0 aliphatic rings. The molecule has 0 radical (unpaired) electrons. The molecule has 21 aromatic carbocycles. The molecule has 0 saturated carbocycles. The van der Waals surface area contributed by atoms with Gasteiger partial charge < -0.3 is 0 Å². The van der Waals surface area contributed by atoms with Crippen LogP contribution in [0.3, 0.4) is 0 Å². The van der Waals surface area contributed by atoms with E-state index in [-0.39, 0.29) is 0 Å². The molecule has 21 aromatic rings. The fraction of sp³-hybridized carbons (Fsp3) is 0.149. The Kier molecular flexibility index (Phi) is 44.3. The highest BCUT2D eigenvalue weighted by atomic mass is 14.1. The highest BCUT2D eigenvalue weighted by Crippen LogP contribution is 2.33. The number of hydrogen-bond donors (Lipinski definition) is 0. The van der Waals surface area contributed by atoms with Crippen molar-refractivity contribution in [3.05, 3.63) is 632 Å². The lowest BCUT2D eigenvalue weighted by molar-refractivity contribution is 1.34. The van der Waals surface area contributed by atoms with Crippen molar-refractivity contribution >= 4 is 0 Å². The van der Waals surface area contributed by atoms with E-state index in [1.807, 2.05) is 0 Å². The summed E-state index contributed by atoms with van der Waals surface area (Å²) in [5.41, 5.74) is 54.9. The maximum Gasteiger partial charge on any atom is -0.0152 e. The minimum atomic E-state index is 1.26. The molecule has 0 bridgehead atoms. The maximum atomic E-state index is 2.26. The summed E-state index contributed by atoms with van der Waals surface area (Å²) in [5.74, 6) is 0. The molecule has 148 heavy (non-hydrogen) atoms. The van der Waals surface area contributed by atoms with E-state index in [4.69, 9.17) is 0 Å². The quantitative estimate of drug-likeness (QED) is 0.128. The number of hydrogen-bond acceptors (Lipinski definition) is 0. The van der Waals surface area contributed by atoms with Crippen LogP contribution in [0.4, 0.5) is 0 Å². The lowest BCUT2D eigenvalue weighted by atomic mass is 9.97. The third kappa shape index (κ3) is 37.7. The average Bonchev–Trinajstić information content (AvgIpc) is 0.834. The molecule has 0 amide bonds. The van der Waals surface area contributed by atoms with Crippen molar-refractivity contribution in [2.45, 2.75) is 152 Å². The fourth-order valence-electron chi connectivity index (χ4n) is 16.6. The van der Waals surface area contributed by atoms with E-state index in [9.17, 15) is 0 Å². The van der Waals surface area contributed by atoms with E-state index in [0.29, 0.717) is 0 Å². The van der Waals surface area contributed by atoms with E-state index >= 15 is 0 Å². The van der Waals surface area contributed by atoms with Gasteiger partial charge in [-0.15, -0.1) is 0 Å². The summed E-state index contributed by atoms with van der Waals surface area (Å²) in [6.07, 6.45) is 0. The Bertz CT molecular complexity index is 7240. The second-order valence-electron chi connectivity index (χ2n) is 39.2. The van der Waals surface area contributed by atoms with Gasteiger partial charge in [0.05, 0.1) is 0 Å². The standard InChI is InChI=1S/2C20H18.6C14H14.3C8H10/c1-15-3-7-17(8-4-15)19-11-13-20(14-12-19)18-9-5-16(2)6-10-18;1-15-6-10-17(11-7-15)19-4-3-5-20(14-19)18-12-8-16(2)9-13-18;1-11-3-7-13(8-4-11)14-9-5-12(2)6-10-14;1-11-5-3-7-13(9-11)14-8-4-6-12(2)10-14;1-11-7-3-5-9-13(11)14-10-6-4-8-12(14)2;1-11-6-5-8-13(10-11)14-9-4-3-7-12(14)2;1-11-6-8-13(9-7-11)14-5-3-4-12(2)10-14;1-11-7-9-13(10-8-11)14-6-4-3-5-12(14)2;1-7-3-5-8(2)6-4-7;1-7-4-3-5-8(2)6-7;1-7-5-3-4-6-8(7)2/h2*3-14H,1-2H3;6*3-10H,1-2H3;3*3-6H,1-2H3. The third-order valence-electron chi connectivity index (χ3n) is 25.9. The first kappa shape index (κ1) is 112. The van der Waals surface area contributed by atoms with Crippen LogP contribution in [0, 0.1) is 152 Å². The van der Waals surface area contributed by atoms with E-state index in [1.54, 1.807) is 0 Å². The monoisotopic (exact) mass is 1930 g/mol. The van der Waals surface area contributed by atoms with Gasteiger partial charge in [-0.3, -0.25) is 0 Å². The van der Waals surface area contributed by atoms with E-state index < -0.39 is 0 Å². The predicted octanol–water partition coefficient (Wildman–Crippen LogP) is 42.0. The molecule has 0 nitrogen and oxygen atoms in total. The zero-order valence-electron chi connectivity index (χ0n) is 91.5. The molecule has 0 saturated heterocycles. The van der Waals surface area contributed by atoms with Gasteiger partial charge in [-0.05, 0) is 303 Å². The van der Waals surface area contributed by atoms with Crippen LogP contribution >= 0.6 is 0 Å². The van der Waals surface area contributed by atoms with E-state index in [0.717, 1.165) is 0 Å². The Morgan fingerprint density at radius 1 is 0.0743 bits per heavy atom. The van der Waals surface area contributed by atoms with Gasteiger partial charge in [0, 0.05) is 0 Å². The summed E-state index contributed by atoms with van der Waals surface area (Å²) in [5, 5.41) is 0. The SMILES string of the molecule is Cc1ccc(-c2ccc(-c3ccc(C)cc3)cc2)cc1.Cc1ccc(-c2ccc(C)cc2)cc1.Cc1ccc(-c2cccc(-c3ccc(C)cc3)c2)cc1.Cc1ccc(-c2cccc(C)c2)cc1.Cc1ccc(-c2ccccc2C)cc1.Cc1ccc(C)cc1.Cc1cccc(-c2cccc(C)c2)c1.Cc1cccc(-c2ccccc2C)c1.Cc1cccc(C)c1.Cc1ccccc1-c1ccccc1C.Cc1ccccc1C. The Hall–Kier alpha value is -16.4.